The van der Waals surface area contributed by atoms with Crippen LogP contribution < -0.4 is 14.8 Å². The molecule has 0 atom stereocenters. The van der Waals surface area contributed by atoms with E-state index in [1.807, 2.05) is 48.5 Å². The Morgan fingerprint density at radius 2 is 1.70 bits per heavy atom. The van der Waals surface area contributed by atoms with Gasteiger partial charge >= 0.3 is 6.09 Å². The highest BCUT2D eigenvalue weighted by Crippen LogP contribution is 2.47. The number of nitrogens with one attached hydrogen (secondary N) is 1. The first-order valence-corrected chi connectivity index (χ1v) is 18.6. The lowest BCUT2D eigenvalue weighted by molar-refractivity contribution is -0.167. The Bertz CT molecular complexity index is 2010. The van der Waals surface area contributed by atoms with E-state index in [1.165, 1.54) is 18.9 Å². The highest BCUT2D eigenvalue weighted by atomic mass is 35.5. The van der Waals surface area contributed by atoms with Gasteiger partial charge in [0, 0.05) is 83.6 Å². The van der Waals surface area contributed by atoms with E-state index in [4.69, 9.17) is 42.4 Å². The number of pyridine rings is 2. The third kappa shape index (κ3) is 7.53. The number of aromatic nitrogens is 2. The number of likely N-dealkylation sites (tertiary alicyclic amines) is 1. The number of benzene rings is 2. The van der Waals surface area contributed by atoms with Crippen molar-refractivity contribution < 1.29 is 28.9 Å². The summed E-state index contributed by atoms with van der Waals surface area (Å²) in [5.41, 5.74) is 6.15. The molecule has 2 aromatic carbocycles. The van der Waals surface area contributed by atoms with Gasteiger partial charge in [-0.2, -0.15) is 0 Å². The van der Waals surface area contributed by atoms with E-state index in [1.54, 1.807) is 18.2 Å². The van der Waals surface area contributed by atoms with E-state index in [2.05, 4.69) is 16.4 Å². The third-order valence-corrected chi connectivity index (χ3v) is 11.6. The number of nitrogens with zero attached hydrogens (tertiary/aromatic N) is 4. The van der Waals surface area contributed by atoms with Crippen molar-refractivity contribution in [2.75, 3.05) is 40.5 Å². The zero-order chi connectivity index (χ0) is 37.3. The number of ether oxygens (including phenoxy) is 3. The molecule has 11 nitrogen and oxygen atoms in total. The number of hydrogen-bond acceptors (Lipinski definition) is 8. The molecule has 2 aliphatic heterocycles. The van der Waals surface area contributed by atoms with Crippen molar-refractivity contribution >= 4 is 35.2 Å². The maximum atomic E-state index is 12.3. The van der Waals surface area contributed by atoms with Gasteiger partial charge in [0.15, 0.2) is 0 Å². The Kier molecular flexibility index (Phi) is 10.8. The normalized spacial score (nSPS) is 16.9. The van der Waals surface area contributed by atoms with Gasteiger partial charge in [-0.3, -0.25) is 9.78 Å². The molecular formula is C40H43Cl2N5O6. The lowest BCUT2D eigenvalue weighted by Gasteiger charge is -2.53. The summed E-state index contributed by atoms with van der Waals surface area (Å²) in [6.07, 6.45) is 4.11. The van der Waals surface area contributed by atoms with Crippen LogP contribution in [0.15, 0.2) is 60.8 Å². The Morgan fingerprint density at radius 3 is 2.36 bits per heavy atom. The number of carboxylic acid groups (broad SMARTS) is 1. The molecule has 278 valence electrons. The summed E-state index contributed by atoms with van der Waals surface area (Å²) in [5.74, 6) is 1.06. The third-order valence-electron chi connectivity index (χ3n) is 10.8. The summed E-state index contributed by atoms with van der Waals surface area (Å²) in [4.78, 5) is 36.7. The average molecular weight is 761 g/mol. The maximum Gasteiger partial charge on any atom is 0.407 e. The Labute approximate surface area is 319 Å². The maximum absolute atomic E-state index is 12.3. The topological polar surface area (TPSA) is 126 Å². The predicted molar refractivity (Wildman–Crippen MR) is 203 cm³/mol. The largest absolute Gasteiger partial charge is 0.496 e. The van der Waals surface area contributed by atoms with Crippen LogP contribution in [0.1, 0.15) is 43.7 Å². The van der Waals surface area contributed by atoms with E-state index in [0.29, 0.717) is 93.5 Å². The number of methoxy groups -OCH3 is 2. The molecular weight excluding hydrogens is 717 g/mol. The van der Waals surface area contributed by atoms with Crippen LogP contribution in [0, 0.1) is 5.41 Å². The first kappa shape index (κ1) is 36.9. The van der Waals surface area contributed by atoms with Crippen LogP contribution in [-0.4, -0.2) is 89.5 Å². The minimum Gasteiger partial charge on any atom is -0.496 e. The molecule has 0 bridgehead atoms. The smallest absolute Gasteiger partial charge is 0.407 e. The number of piperidine rings is 1. The van der Waals surface area contributed by atoms with Gasteiger partial charge in [-0.05, 0) is 49.9 Å². The fourth-order valence-electron chi connectivity index (χ4n) is 7.78. The van der Waals surface area contributed by atoms with Crippen LogP contribution in [0.4, 0.5) is 4.79 Å². The summed E-state index contributed by atoms with van der Waals surface area (Å²) >= 11 is 14.2. The van der Waals surface area contributed by atoms with Gasteiger partial charge in [0.05, 0.1) is 55.4 Å². The molecule has 1 aliphatic carbocycles. The second-order valence-electron chi connectivity index (χ2n) is 14.2. The summed E-state index contributed by atoms with van der Waals surface area (Å²) in [7, 11) is 3.18. The molecule has 0 radical (unpaired) electrons. The van der Waals surface area contributed by atoms with Gasteiger partial charge in [0.2, 0.25) is 11.8 Å². The quantitative estimate of drug-likeness (QED) is 0.159. The lowest BCUT2D eigenvalue weighted by Crippen LogP contribution is -2.58. The monoisotopic (exact) mass is 759 g/mol. The zero-order valence-corrected chi connectivity index (χ0v) is 31.5. The summed E-state index contributed by atoms with van der Waals surface area (Å²) in [6, 6.07) is 17.4. The Balaban J connectivity index is 1.10. The zero-order valence-electron chi connectivity index (χ0n) is 30.0. The van der Waals surface area contributed by atoms with Gasteiger partial charge < -0.3 is 34.4 Å². The van der Waals surface area contributed by atoms with E-state index < -0.39 is 6.09 Å². The second-order valence-corrected chi connectivity index (χ2v) is 15.0. The minimum absolute atomic E-state index is 0.00246. The fraction of sp³-hybridized carbons (Fsp3) is 0.400. The van der Waals surface area contributed by atoms with Crippen LogP contribution >= 0.6 is 23.2 Å². The molecule has 2 amide bonds. The molecule has 2 aromatic heterocycles. The molecule has 1 saturated carbocycles. The second kappa shape index (κ2) is 15.5. The van der Waals surface area contributed by atoms with Crippen molar-refractivity contribution in [3.8, 4) is 45.3 Å². The number of carbonyl (C=O) groups is 2. The van der Waals surface area contributed by atoms with E-state index in [0.717, 1.165) is 42.9 Å². The number of halogens is 2. The first-order valence-electron chi connectivity index (χ1n) is 17.8. The molecule has 1 spiro atoms. The van der Waals surface area contributed by atoms with E-state index in [9.17, 15) is 14.7 Å². The number of hydrogen-bond donors (Lipinski definition) is 2. The summed E-state index contributed by atoms with van der Waals surface area (Å²) in [6.45, 7) is 5.13. The molecule has 7 rings (SSSR count). The van der Waals surface area contributed by atoms with Crippen LogP contribution in [0.2, 0.25) is 10.0 Å². The van der Waals surface area contributed by atoms with E-state index >= 15 is 0 Å². The molecule has 13 heteroatoms. The van der Waals surface area contributed by atoms with Crippen molar-refractivity contribution in [1.82, 2.24) is 25.1 Å². The van der Waals surface area contributed by atoms with Crippen LogP contribution in [0.5, 0.6) is 11.6 Å². The van der Waals surface area contributed by atoms with Gasteiger partial charge in [0.25, 0.3) is 0 Å². The summed E-state index contributed by atoms with van der Waals surface area (Å²) in [5, 5.41) is 14.7. The highest BCUT2D eigenvalue weighted by molar-refractivity contribution is 6.39. The van der Waals surface area contributed by atoms with Gasteiger partial charge in [-0.25, -0.2) is 9.78 Å². The van der Waals surface area contributed by atoms with Crippen molar-refractivity contribution in [1.29, 1.82) is 0 Å². The summed E-state index contributed by atoms with van der Waals surface area (Å²) < 4.78 is 16.9. The van der Waals surface area contributed by atoms with Crippen molar-refractivity contribution in [2.24, 2.45) is 5.41 Å². The molecule has 53 heavy (non-hydrogen) atoms. The highest BCUT2D eigenvalue weighted by Gasteiger charge is 2.49. The van der Waals surface area contributed by atoms with Gasteiger partial charge in [0.1, 0.15) is 5.75 Å². The Morgan fingerprint density at radius 1 is 0.981 bits per heavy atom. The number of rotatable bonds is 11. The van der Waals surface area contributed by atoms with Gasteiger partial charge in [-0.15, -0.1) is 0 Å². The number of amides is 2. The lowest BCUT2D eigenvalue weighted by atomic mass is 9.64. The molecule has 0 unspecified atom stereocenters. The van der Waals surface area contributed by atoms with E-state index in [-0.39, 0.29) is 18.5 Å². The molecule has 3 fully saturated rings. The van der Waals surface area contributed by atoms with Crippen molar-refractivity contribution in [3.63, 3.8) is 0 Å². The van der Waals surface area contributed by atoms with Crippen molar-refractivity contribution in [2.45, 2.75) is 57.8 Å². The SMILES string of the molecule is COc1cc(-c2nccc(-c3cccc(-c4ccc(CN(C(=O)O)C5CCN(C(C)=O)CC5)c(OC)n4)c3Cl)c2Cl)ccc1CNC1CC2(COC2)C1. The van der Waals surface area contributed by atoms with Crippen LogP contribution in [-0.2, 0) is 22.6 Å². The molecule has 4 aromatic rings. The fourth-order valence-corrected chi connectivity index (χ4v) is 8.43. The predicted octanol–water partition coefficient (Wildman–Crippen LogP) is 7.56. The standard InChI is InChI=1S/C40H43Cl2N5O6/c1-24(48)46-15-12-29(13-16-46)47(39(49)50)21-27-9-10-33(45-38(27)52-3)32-6-4-5-30(35(32)41)31-11-14-43-37(36(31)42)25-7-8-26(34(17-25)51-2)20-44-28-18-40(19-28)22-53-23-40/h4-11,14,17,28-29,44H,12-13,15-16,18-23H2,1-3H3,(H,49,50). The van der Waals surface area contributed by atoms with Crippen LogP contribution in [0.25, 0.3) is 33.6 Å². The number of carbonyl (C=O) groups excluding carboxylic acids is 1. The van der Waals surface area contributed by atoms with Crippen LogP contribution in [0.3, 0.4) is 0 Å². The molecule has 4 heterocycles. The molecule has 2 saturated heterocycles. The molecule has 3 aliphatic rings. The first-order chi connectivity index (χ1) is 25.6. The molecule has 2 N–H and O–H groups in total. The Hall–Kier alpha value is -4.42. The van der Waals surface area contributed by atoms with Crippen molar-refractivity contribution in [3.05, 3.63) is 82.0 Å². The average Bonchev–Trinajstić information content (AvgIpc) is 3.13. The minimum atomic E-state index is -1.03. The van der Waals surface area contributed by atoms with Gasteiger partial charge in [-0.1, -0.05) is 53.5 Å².